The molecule has 0 saturated heterocycles. The summed E-state index contributed by atoms with van der Waals surface area (Å²) in [7, 11) is 0. The van der Waals surface area contributed by atoms with Crippen LogP contribution in [-0.2, 0) is 6.42 Å². The fourth-order valence-corrected chi connectivity index (χ4v) is 2.09. The van der Waals surface area contributed by atoms with Gasteiger partial charge in [0, 0.05) is 22.0 Å². The first-order valence-corrected chi connectivity index (χ1v) is 6.46. The van der Waals surface area contributed by atoms with Crippen molar-refractivity contribution in [3.05, 3.63) is 69.0 Å². The van der Waals surface area contributed by atoms with Crippen molar-refractivity contribution < 1.29 is 9.18 Å². The lowest BCUT2D eigenvalue weighted by Gasteiger charge is -2.06. The van der Waals surface area contributed by atoms with Crippen LogP contribution in [0.1, 0.15) is 21.5 Å². The standard InChI is InChI=1S/C15H11Cl2FO/c1-9-2-3-10(7-14(9)17)15(19)8-11-6-12(18)4-5-13(11)16/h2-7H,8H2,1H3. The average molecular weight is 297 g/mol. The van der Waals surface area contributed by atoms with Gasteiger partial charge in [0.25, 0.3) is 0 Å². The highest BCUT2D eigenvalue weighted by molar-refractivity contribution is 6.32. The smallest absolute Gasteiger partial charge is 0.167 e. The number of Topliss-reactive ketones (excluding diaryl/α,β-unsaturated/α-hetero) is 1. The monoisotopic (exact) mass is 296 g/mol. The van der Waals surface area contributed by atoms with Crippen molar-refractivity contribution in [3.63, 3.8) is 0 Å². The van der Waals surface area contributed by atoms with Crippen LogP contribution in [0, 0.1) is 12.7 Å². The molecule has 0 aliphatic rings. The number of carbonyl (C=O) groups excluding carboxylic acids is 1. The van der Waals surface area contributed by atoms with E-state index in [-0.39, 0.29) is 12.2 Å². The molecule has 0 aliphatic carbocycles. The Hall–Kier alpha value is -1.38. The Balaban J connectivity index is 2.25. The van der Waals surface area contributed by atoms with Crippen LogP contribution in [0.5, 0.6) is 0 Å². The average Bonchev–Trinajstić information content (AvgIpc) is 2.37. The first-order valence-electron chi connectivity index (χ1n) is 5.70. The summed E-state index contributed by atoms with van der Waals surface area (Å²) < 4.78 is 13.1. The second-order valence-electron chi connectivity index (χ2n) is 4.30. The van der Waals surface area contributed by atoms with Crippen LogP contribution in [0.4, 0.5) is 4.39 Å². The first-order chi connectivity index (χ1) is 8.97. The summed E-state index contributed by atoms with van der Waals surface area (Å²) in [5.41, 5.74) is 1.88. The number of hydrogen-bond donors (Lipinski definition) is 0. The van der Waals surface area contributed by atoms with E-state index in [9.17, 15) is 9.18 Å². The summed E-state index contributed by atoms with van der Waals surface area (Å²) >= 11 is 11.9. The van der Waals surface area contributed by atoms with Gasteiger partial charge in [-0.05, 0) is 42.3 Å². The zero-order valence-corrected chi connectivity index (χ0v) is 11.7. The summed E-state index contributed by atoms with van der Waals surface area (Å²) in [6.07, 6.45) is 0.0516. The van der Waals surface area contributed by atoms with Gasteiger partial charge in [0.2, 0.25) is 0 Å². The van der Waals surface area contributed by atoms with Crippen molar-refractivity contribution in [3.8, 4) is 0 Å². The molecule has 0 bridgehead atoms. The lowest BCUT2D eigenvalue weighted by molar-refractivity contribution is 0.0993. The third-order valence-corrected chi connectivity index (χ3v) is 3.63. The number of hydrogen-bond acceptors (Lipinski definition) is 1. The van der Waals surface area contributed by atoms with Crippen molar-refractivity contribution in [1.82, 2.24) is 0 Å². The SMILES string of the molecule is Cc1ccc(C(=O)Cc2cc(F)ccc2Cl)cc1Cl. The third-order valence-electron chi connectivity index (χ3n) is 2.85. The summed E-state index contributed by atoms with van der Waals surface area (Å²) in [5, 5.41) is 0.921. The van der Waals surface area contributed by atoms with Crippen LogP contribution in [0.3, 0.4) is 0 Å². The Kier molecular flexibility index (Phi) is 4.23. The number of benzene rings is 2. The second kappa shape index (κ2) is 5.72. The van der Waals surface area contributed by atoms with Crippen molar-refractivity contribution in [2.75, 3.05) is 0 Å². The van der Waals surface area contributed by atoms with Gasteiger partial charge in [0.05, 0.1) is 0 Å². The molecule has 2 aromatic carbocycles. The zero-order valence-electron chi connectivity index (χ0n) is 10.2. The van der Waals surface area contributed by atoms with Gasteiger partial charge in [-0.25, -0.2) is 4.39 Å². The molecule has 0 aromatic heterocycles. The number of aryl methyl sites for hydroxylation is 1. The molecule has 0 unspecified atom stereocenters. The van der Waals surface area contributed by atoms with E-state index in [4.69, 9.17) is 23.2 Å². The Labute approximate surface area is 121 Å². The largest absolute Gasteiger partial charge is 0.294 e. The van der Waals surface area contributed by atoms with Crippen molar-refractivity contribution >= 4 is 29.0 Å². The molecule has 2 rings (SSSR count). The van der Waals surface area contributed by atoms with Gasteiger partial charge in [-0.3, -0.25) is 4.79 Å². The number of halogens is 3. The molecule has 0 radical (unpaired) electrons. The molecule has 0 heterocycles. The summed E-state index contributed by atoms with van der Waals surface area (Å²) in [5.74, 6) is -0.552. The van der Waals surface area contributed by atoms with Gasteiger partial charge >= 0.3 is 0 Å². The topological polar surface area (TPSA) is 17.1 Å². The number of ketones is 1. The van der Waals surface area contributed by atoms with E-state index in [0.717, 1.165) is 5.56 Å². The third kappa shape index (κ3) is 3.34. The van der Waals surface area contributed by atoms with E-state index in [0.29, 0.717) is 21.2 Å². The van der Waals surface area contributed by atoms with E-state index in [2.05, 4.69) is 0 Å². The Morgan fingerprint density at radius 2 is 1.84 bits per heavy atom. The van der Waals surface area contributed by atoms with Crippen LogP contribution in [0.15, 0.2) is 36.4 Å². The normalized spacial score (nSPS) is 10.5. The zero-order chi connectivity index (χ0) is 14.0. The molecular formula is C15H11Cl2FO. The van der Waals surface area contributed by atoms with E-state index in [1.54, 1.807) is 18.2 Å². The molecule has 0 atom stereocenters. The maximum atomic E-state index is 13.1. The van der Waals surface area contributed by atoms with E-state index >= 15 is 0 Å². The summed E-state index contributed by atoms with van der Waals surface area (Å²) in [6.45, 7) is 1.86. The molecule has 0 N–H and O–H groups in total. The van der Waals surface area contributed by atoms with Gasteiger partial charge in [-0.15, -0.1) is 0 Å². The van der Waals surface area contributed by atoms with Crippen LogP contribution in [0.25, 0.3) is 0 Å². The van der Waals surface area contributed by atoms with E-state index in [1.807, 2.05) is 6.92 Å². The fraction of sp³-hybridized carbons (Fsp3) is 0.133. The molecule has 0 saturated carbocycles. The predicted octanol–water partition coefficient (Wildman–Crippen LogP) is 4.87. The van der Waals surface area contributed by atoms with Crippen LogP contribution >= 0.6 is 23.2 Å². The molecule has 98 valence electrons. The summed E-state index contributed by atoms with van der Waals surface area (Å²) in [6, 6.07) is 9.09. The van der Waals surface area contributed by atoms with Crippen molar-refractivity contribution in [1.29, 1.82) is 0 Å². The summed E-state index contributed by atoms with van der Waals surface area (Å²) in [4.78, 5) is 12.1. The quantitative estimate of drug-likeness (QED) is 0.739. The van der Waals surface area contributed by atoms with Crippen molar-refractivity contribution in [2.24, 2.45) is 0 Å². The Morgan fingerprint density at radius 1 is 1.11 bits per heavy atom. The highest BCUT2D eigenvalue weighted by Gasteiger charge is 2.11. The molecule has 1 nitrogen and oxygen atoms in total. The second-order valence-corrected chi connectivity index (χ2v) is 5.11. The Bertz CT molecular complexity index is 638. The molecular weight excluding hydrogens is 286 g/mol. The van der Waals surface area contributed by atoms with Gasteiger partial charge < -0.3 is 0 Å². The van der Waals surface area contributed by atoms with Crippen LogP contribution in [-0.4, -0.2) is 5.78 Å². The predicted molar refractivity (Wildman–Crippen MR) is 75.6 cm³/mol. The highest BCUT2D eigenvalue weighted by Crippen LogP contribution is 2.21. The van der Waals surface area contributed by atoms with E-state index in [1.165, 1.54) is 18.2 Å². The highest BCUT2D eigenvalue weighted by atomic mass is 35.5. The molecule has 0 amide bonds. The van der Waals surface area contributed by atoms with Gasteiger partial charge in [-0.1, -0.05) is 35.3 Å². The fourth-order valence-electron chi connectivity index (χ4n) is 1.72. The molecule has 2 aromatic rings. The lowest BCUT2D eigenvalue weighted by Crippen LogP contribution is -2.04. The van der Waals surface area contributed by atoms with Crippen LogP contribution < -0.4 is 0 Å². The van der Waals surface area contributed by atoms with Crippen LogP contribution in [0.2, 0.25) is 10.0 Å². The minimum atomic E-state index is -0.408. The maximum absolute atomic E-state index is 13.1. The van der Waals surface area contributed by atoms with E-state index < -0.39 is 5.82 Å². The lowest BCUT2D eigenvalue weighted by atomic mass is 10.0. The minimum absolute atomic E-state index is 0.0516. The minimum Gasteiger partial charge on any atom is -0.294 e. The first kappa shape index (κ1) is 14.0. The van der Waals surface area contributed by atoms with Gasteiger partial charge in [-0.2, -0.15) is 0 Å². The maximum Gasteiger partial charge on any atom is 0.167 e. The molecule has 0 aliphatic heterocycles. The molecule has 4 heteroatoms. The number of rotatable bonds is 3. The van der Waals surface area contributed by atoms with Crippen molar-refractivity contribution in [2.45, 2.75) is 13.3 Å². The number of carbonyl (C=O) groups is 1. The molecule has 19 heavy (non-hydrogen) atoms. The van der Waals surface area contributed by atoms with Gasteiger partial charge in [0.15, 0.2) is 5.78 Å². The van der Waals surface area contributed by atoms with Gasteiger partial charge in [0.1, 0.15) is 5.82 Å². The Morgan fingerprint density at radius 3 is 2.53 bits per heavy atom. The molecule has 0 fully saturated rings. The molecule has 0 spiro atoms.